The van der Waals surface area contributed by atoms with Gasteiger partial charge in [0.1, 0.15) is 17.7 Å². The van der Waals surface area contributed by atoms with Crippen molar-refractivity contribution in [1.29, 1.82) is 0 Å². The Labute approximate surface area is 172 Å². The Balaban J connectivity index is 1.44. The molecule has 0 radical (unpaired) electrons. The summed E-state index contributed by atoms with van der Waals surface area (Å²) in [5.41, 5.74) is 1.24. The van der Waals surface area contributed by atoms with Crippen molar-refractivity contribution in [3.05, 3.63) is 59.7 Å². The molecule has 2 bridgehead atoms. The Kier molecular flexibility index (Phi) is 3.93. The number of nitrogens with zero attached hydrogens (tertiary/aromatic N) is 1. The third-order valence-electron chi connectivity index (χ3n) is 7.08. The second-order valence-electron chi connectivity index (χ2n) is 8.31. The first-order chi connectivity index (χ1) is 14.4. The van der Waals surface area contributed by atoms with Crippen molar-refractivity contribution >= 4 is 18.0 Å². The van der Waals surface area contributed by atoms with Gasteiger partial charge in [-0.3, -0.25) is 4.90 Å². The van der Waals surface area contributed by atoms with E-state index in [1.807, 2.05) is 48.5 Å². The third-order valence-corrected chi connectivity index (χ3v) is 7.08. The number of carbonyl (C=O) groups excluding carboxylic acids is 1. The van der Waals surface area contributed by atoms with Crippen molar-refractivity contribution in [3.63, 3.8) is 0 Å². The Morgan fingerprint density at radius 3 is 1.70 bits per heavy atom. The molecule has 2 aliphatic heterocycles. The van der Waals surface area contributed by atoms with Crippen LogP contribution in [0.1, 0.15) is 42.7 Å². The van der Waals surface area contributed by atoms with Crippen LogP contribution in [0, 0.1) is 0 Å². The highest BCUT2D eigenvalue weighted by Gasteiger charge is 2.70. The summed E-state index contributed by atoms with van der Waals surface area (Å²) in [6.45, 7) is 0.0226. The van der Waals surface area contributed by atoms with Crippen molar-refractivity contribution in [2.24, 2.45) is 0 Å². The zero-order valence-corrected chi connectivity index (χ0v) is 16.2. The lowest BCUT2D eigenvalue weighted by Crippen LogP contribution is -2.57. The number of carboxylic acid groups (broad SMARTS) is 2. The second-order valence-corrected chi connectivity index (χ2v) is 8.31. The van der Waals surface area contributed by atoms with E-state index < -0.39 is 29.1 Å². The lowest BCUT2D eigenvalue weighted by atomic mass is 9.82. The fourth-order valence-electron chi connectivity index (χ4n) is 5.56. The van der Waals surface area contributed by atoms with Crippen LogP contribution in [0.3, 0.4) is 0 Å². The van der Waals surface area contributed by atoms with Crippen LogP contribution >= 0.6 is 0 Å². The lowest BCUT2D eigenvalue weighted by Gasteiger charge is -2.34. The number of hydrogen-bond donors (Lipinski definition) is 2. The summed E-state index contributed by atoms with van der Waals surface area (Å²) in [7, 11) is 0. The standard InChI is InChI=1S/C23H21NO6/c25-19(26)22-9-10-23(12-11-22,20(27)28)24(22)21(29)30-13-18-16-7-3-1-5-14(16)15-6-2-4-8-17(15)18/h1-8,18H,9-13H2,(H,25,26)(H,27,28). The first-order valence-electron chi connectivity index (χ1n) is 10.0. The van der Waals surface area contributed by atoms with Crippen LogP contribution < -0.4 is 0 Å². The van der Waals surface area contributed by atoms with Crippen LogP contribution in [0.4, 0.5) is 4.79 Å². The Morgan fingerprint density at radius 1 is 0.833 bits per heavy atom. The molecule has 2 aromatic carbocycles. The van der Waals surface area contributed by atoms with Gasteiger partial charge in [-0.15, -0.1) is 0 Å². The van der Waals surface area contributed by atoms with E-state index in [1.165, 1.54) is 0 Å². The smallest absolute Gasteiger partial charge is 0.411 e. The van der Waals surface area contributed by atoms with Gasteiger partial charge in [0, 0.05) is 5.92 Å². The molecule has 5 rings (SSSR count). The summed E-state index contributed by atoms with van der Waals surface area (Å²) >= 11 is 0. The lowest BCUT2D eigenvalue weighted by molar-refractivity contribution is -0.152. The van der Waals surface area contributed by atoms with Gasteiger partial charge in [0.25, 0.3) is 0 Å². The van der Waals surface area contributed by atoms with Crippen LogP contribution in [-0.4, -0.2) is 50.8 Å². The SMILES string of the molecule is O=C(OCC1c2ccccc2-c2ccccc21)N1C2(C(=O)O)CCC1(C(=O)O)CC2. The zero-order chi connectivity index (χ0) is 21.1. The molecule has 1 aliphatic carbocycles. The van der Waals surface area contributed by atoms with Crippen LogP contribution in [0.25, 0.3) is 11.1 Å². The Morgan fingerprint density at radius 2 is 1.27 bits per heavy atom. The number of rotatable bonds is 4. The van der Waals surface area contributed by atoms with Gasteiger partial charge in [-0.05, 0) is 47.9 Å². The number of aliphatic carboxylic acids is 2. The summed E-state index contributed by atoms with van der Waals surface area (Å²) in [6, 6.07) is 15.8. The molecule has 7 nitrogen and oxygen atoms in total. The predicted molar refractivity (Wildman–Crippen MR) is 106 cm³/mol. The van der Waals surface area contributed by atoms with Crippen LogP contribution in [-0.2, 0) is 14.3 Å². The molecule has 7 heteroatoms. The van der Waals surface area contributed by atoms with Gasteiger partial charge in [0.05, 0.1) is 0 Å². The van der Waals surface area contributed by atoms with Crippen LogP contribution in [0.5, 0.6) is 0 Å². The van der Waals surface area contributed by atoms with E-state index >= 15 is 0 Å². The summed E-state index contributed by atoms with van der Waals surface area (Å²) in [4.78, 5) is 38.1. The molecule has 3 aliphatic rings. The summed E-state index contributed by atoms with van der Waals surface area (Å²) in [5, 5.41) is 19.6. The summed E-state index contributed by atoms with van der Waals surface area (Å²) in [5.74, 6) is -2.52. The maximum atomic E-state index is 13.1. The fraction of sp³-hybridized carbons (Fsp3) is 0.348. The zero-order valence-electron chi connectivity index (χ0n) is 16.2. The average Bonchev–Trinajstić information content (AvgIpc) is 3.39. The van der Waals surface area contributed by atoms with Crippen LogP contribution in [0.15, 0.2) is 48.5 Å². The van der Waals surface area contributed by atoms with Gasteiger partial charge < -0.3 is 14.9 Å². The minimum absolute atomic E-state index is 0.0226. The maximum absolute atomic E-state index is 13.1. The molecule has 1 amide bonds. The highest BCUT2D eigenvalue weighted by atomic mass is 16.6. The van der Waals surface area contributed by atoms with E-state index in [-0.39, 0.29) is 38.2 Å². The Bertz CT molecular complexity index is 993. The minimum atomic E-state index is -1.50. The summed E-state index contributed by atoms with van der Waals surface area (Å²) in [6.07, 6.45) is -0.369. The Hall–Kier alpha value is -3.35. The van der Waals surface area contributed by atoms with Gasteiger partial charge in [-0.2, -0.15) is 0 Å². The molecule has 0 atom stereocenters. The number of benzene rings is 2. The van der Waals surface area contributed by atoms with Crippen molar-refractivity contribution < 1.29 is 29.3 Å². The predicted octanol–water partition coefficient (Wildman–Crippen LogP) is 3.47. The quantitative estimate of drug-likeness (QED) is 0.804. The molecule has 2 saturated heterocycles. The van der Waals surface area contributed by atoms with Crippen molar-refractivity contribution in [2.75, 3.05) is 6.61 Å². The van der Waals surface area contributed by atoms with Gasteiger partial charge in [0.2, 0.25) is 0 Å². The van der Waals surface area contributed by atoms with E-state index in [0.29, 0.717) is 0 Å². The number of carboxylic acids is 2. The largest absolute Gasteiger partial charge is 0.479 e. The molecular weight excluding hydrogens is 386 g/mol. The van der Waals surface area contributed by atoms with E-state index in [0.717, 1.165) is 27.2 Å². The first-order valence-corrected chi connectivity index (χ1v) is 10.0. The number of ether oxygens (including phenoxy) is 1. The molecular formula is C23H21NO6. The van der Waals surface area contributed by atoms with Gasteiger partial charge in [0.15, 0.2) is 0 Å². The third kappa shape index (κ3) is 2.29. The van der Waals surface area contributed by atoms with Crippen molar-refractivity contribution in [1.82, 2.24) is 4.90 Å². The minimum Gasteiger partial charge on any atom is -0.479 e. The first kappa shape index (κ1) is 18.7. The molecule has 30 heavy (non-hydrogen) atoms. The van der Waals surface area contributed by atoms with Crippen molar-refractivity contribution in [3.8, 4) is 11.1 Å². The number of fused-ring (bicyclic) bond motifs is 5. The highest BCUT2D eigenvalue weighted by molar-refractivity contribution is 5.94. The second kappa shape index (κ2) is 6.32. The van der Waals surface area contributed by atoms with E-state index in [4.69, 9.17) is 4.74 Å². The normalized spacial score (nSPS) is 26.3. The van der Waals surface area contributed by atoms with E-state index in [1.54, 1.807) is 0 Å². The molecule has 154 valence electrons. The molecule has 0 aromatic heterocycles. The van der Waals surface area contributed by atoms with Gasteiger partial charge in [-0.25, -0.2) is 14.4 Å². The number of hydrogen-bond acceptors (Lipinski definition) is 4. The molecule has 2 heterocycles. The molecule has 2 aromatic rings. The maximum Gasteiger partial charge on any atom is 0.411 e. The highest BCUT2D eigenvalue weighted by Crippen LogP contribution is 2.54. The van der Waals surface area contributed by atoms with E-state index in [9.17, 15) is 24.6 Å². The molecule has 0 unspecified atom stereocenters. The molecule has 2 fully saturated rings. The van der Waals surface area contributed by atoms with E-state index in [2.05, 4.69) is 0 Å². The molecule has 0 saturated carbocycles. The number of amides is 1. The monoisotopic (exact) mass is 407 g/mol. The van der Waals surface area contributed by atoms with Gasteiger partial charge in [-0.1, -0.05) is 48.5 Å². The fourth-order valence-corrected chi connectivity index (χ4v) is 5.56. The topological polar surface area (TPSA) is 104 Å². The van der Waals surface area contributed by atoms with Crippen LogP contribution in [0.2, 0.25) is 0 Å². The van der Waals surface area contributed by atoms with Gasteiger partial charge >= 0.3 is 18.0 Å². The number of carbonyl (C=O) groups is 3. The summed E-state index contributed by atoms with van der Waals surface area (Å²) < 4.78 is 5.62. The van der Waals surface area contributed by atoms with Crippen molar-refractivity contribution in [2.45, 2.75) is 42.7 Å². The molecule has 2 N–H and O–H groups in total. The average molecular weight is 407 g/mol. The molecule has 0 spiro atoms.